The molecule has 0 radical (unpaired) electrons. The van der Waals surface area contributed by atoms with Crippen LogP contribution in [0.25, 0.3) is 33.6 Å². The first-order valence-electron chi connectivity index (χ1n) is 14.0. The predicted octanol–water partition coefficient (Wildman–Crippen LogP) is 4.44. The van der Waals surface area contributed by atoms with Gasteiger partial charge < -0.3 is 0 Å². The number of hydrogen-bond donors (Lipinski definition) is 0. The molecule has 0 fully saturated rings. The zero-order chi connectivity index (χ0) is 28.9. The molecule has 6 heterocycles. The van der Waals surface area contributed by atoms with Gasteiger partial charge in [0.25, 0.3) is 0 Å². The highest BCUT2D eigenvalue weighted by molar-refractivity contribution is 7.18. The first-order chi connectivity index (χ1) is 21.3. The van der Waals surface area contributed by atoms with E-state index in [0.717, 1.165) is 54.8 Å². The van der Waals surface area contributed by atoms with E-state index in [1.54, 1.807) is 18.6 Å². The number of nitrogens with zero attached hydrogens (tertiary/aromatic N) is 6. The van der Waals surface area contributed by atoms with Gasteiger partial charge in [-0.2, -0.15) is 0 Å². The highest BCUT2D eigenvalue weighted by Gasteiger charge is 2.46. The van der Waals surface area contributed by atoms with Crippen molar-refractivity contribution in [2.24, 2.45) is 0 Å². The number of aromatic nitrogens is 6. The zero-order valence-corrected chi connectivity index (χ0v) is 24.2. The maximum atomic E-state index is 5.15. The molecule has 0 bridgehead atoms. The van der Waals surface area contributed by atoms with E-state index in [9.17, 15) is 0 Å². The lowest BCUT2D eigenvalue weighted by Gasteiger charge is -2.31. The SMILES string of the molecule is c1ccc([Si](c2ccc(-c3cccnc3)cn2)(c2ccc(-c3ccccn3)cn2)c2ccc(-c3ccccn3)cn2)cc1. The summed E-state index contributed by atoms with van der Waals surface area (Å²) in [5.74, 6) is 0. The minimum Gasteiger partial charge on any atom is -0.264 e. The summed E-state index contributed by atoms with van der Waals surface area (Å²) in [5.41, 5.74) is 5.70. The third-order valence-electron chi connectivity index (χ3n) is 7.57. The monoisotopic (exact) mass is 570 g/mol. The molecular formula is C36H26N6Si. The lowest BCUT2D eigenvalue weighted by Crippen LogP contribution is -2.76. The van der Waals surface area contributed by atoms with Gasteiger partial charge in [0.15, 0.2) is 0 Å². The van der Waals surface area contributed by atoms with E-state index >= 15 is 0 Å². The second-order valence-corrected chi connectivity index (χ2v) is 13.7. The van der Waals surface area contributed by atoms with E-state index in [2.05, 4.69) is 75.6 Å². The van der Waals surface area contributed by atoms with Crippen molar-refractivity contribution in [1.29, 1.82) is 0 Å². The van der Waals surface area contributed by atoms with Gasteiger partial charge >= 0.3 is 0 Å². The molecule has 0 aliphatic carbocycles. The van der Waals surface area contributed by atoms with Gasteiger partial charge in [-0.05, 0) is 65.9 Å². The molecule has 0 aliphatic rings. The van der Waals surface area contributed by atoms with E-state index < -0.39 is 8.07 Å². The molecule has 7 rings (SSSR count). The van der Waals surface area contributed by atoms with Gasteiger partial charge in [-0.1, -0.05) is 54.6 Å². The van der Waals surface area contributed by atoms with E-state index in [-0.39, 0.29) is 0 Å². The summed E-state index contributed by atoms with van der Waals surface area (Å²) in [5, 5.41) is 3.98. The standard InChI is InChI=1S/C36H26N6Si/c1-2-10-31(11-3-1)43(34-17-14-28(24-40-34)27-9-8-20-37-23-27,35-18-15-29(25-41-35)32-12-4-6-21-38-32)36-19-16-30(26-42-36)33-13-5-7-22-39-33/h1-26H. The fourth-order valence-electron chi connectivity index (χ4n) is 5.45. The fraction of sp³-hybridized carbons (Fsp3) is 0. The van der Waals surface area contributed by atoms with Crippen LogP contribution in [0.5, 0.6) is 0 Å². The van der Waals surface area contributed by atoms with Crippen LogP contribution >= 0.6 is 0 Å². The highest BCUT2D eigenvalue weighted by Crippen LogP contribution is 2.19. The Kier molecular flexibility index (Phi) is 7.13. The summed E-state index contributed by atoms with van der Waals surface area (Å²) in [6, 6.07) is 39.0. The fourth-order valence-corrected chi connectivity index (χ4v) is 9.59. The third-order valence-corrected chi connectivity index (χ3v) is 12.0. The Morgan fingerprint density at radius 3 is 1.30 bits per heavy atom. The molecule has 1 aromatic carbocycles. The molecule has 0 atom stereocenters. The second-order valence-electron chi connectivity index (χ2n) is 10.1. The maximum Gasteiger partial charge on any atom is 0.243 e. The van der Waals surface area contributed by atoms with Crippen molar-refractivity contribution in [3.8, 4) is 33.6 Å². The Morgan fingerprint density at radius 1 is 0.349 bits per heavy atom. The van der Waals surface area contributed by atoms with Crippen molar-refractivity contribution in [1.82, 2.24) is 29.9 Å². The van der Waals surface area contributed by atoms with Crippen molar-refractivity contribution in [2.45, 2.75) is 0 Å². The van der Waals surface area contributed by atoms with E-state index in [1.807, 2.05) is 79.4 Å². The summed E-state index contributed by atoms with van der Waals surface area (Å²) in [4.78, 5) is 28.8. The maximum absolute atomic E-state index is 5.15. The molecule has 7 heteroatoms. The molecule has 43 heavy (non-hydrogen) atoms. The molecule has 0 saturated heterocycles. The van der Waals surface area contributed by atoms with Crippen molar-refractivity contribution >= 4 is 29.2 Å². The molecule has 0 N–H and O–H groups in total. The molecule has 0 amide bonds. The van der Waals surface area contributed by atoms with Crippen LogP contribution in [0.1, 0.15) is 0 Å². The molecule has 7 aromatic rings. The second kappa shape index (κ2) is 11.7. The summed E-state index contributed by atoms with van der Waals surface area (Å²) < 4.78 is 0. The molecule has 0 spiro atoms. The number of pyridine rings is 6. The van der Waals surface area contributed by atoms with Crippen LogP contribution in [0, 0.1) is 0 Å². The normalized spacial score (nSPS) is 11.3. The van der Waals surface area contributed by atoms with Crippen LogP contribution in [0.2, 0.25) is 0 Å². The largest absolute Gasteiger partial charge is 0.264 e. The van der Waals surface area contributed by atoms with Crippen LogP contribution in [-0.2, 0) is 0 Å². The quantitative estimate of drug-likeness (QED) is 0.264. The van der Waals surface area contributed by atoms with Crippen LogP contribution in [0.3, 0.4) is 0 Å². The zero-order valence-electron chi connectivity index (χ0n) is 23.2. The molecule has 6 nitrogen and oxygen atoms in total. The predicted molar refractivity (Wildman–Crippen MR) is 173 cm³/mol. The Bertz CT molecular complexity index is 1720. The summed E-state index contributed by atoms with van der Waals surface area (Å²) in [6.45, 7) is 0. The Balaban J connectivity index is 1.44. The van der Waals surface area contributed by atoms with Gasteiger partial charge in [0.2, 0.25) is 8.07 Å². The molecule has 0 unspecified atom stereocenters. The molecule has 6 aromatic heterocycles. The number of benzene rings is 1. The van der Waals surface area contributed by atoms with Crippen LogP contribution in [0.15, 0.2) is 159 Å². The topological polar surface area (TPSA) is 77.3 Å². The first-order valence-corrected chi connectivity index (χ1v) is 16.0. The van der Waals surface area contributed by atoms with Crippen LogP contribution < -0.4 is 21.1 Å². The molecular weight excluding hydrogens is 545 g/mol. The van der Waals surface area contributed by atoms with Crippen LogP contribution in [-0.4, -0.2) is 38.0 Å². The minimum atomic E-state index is -3.06. The lowest BCUT2D eigenvalue weighted by atomic mass is 10.1. The van der Waals surface area contributed by atoms with E-state index in [4.69, 9.17) is 15.0 Å². The van der Waals surface area contributed by atoms with Gasteiger partial charge in [0.1, 0.15) is 0 Å². The number of hydrogen-bond acceptors (Lipinski definition) is 6. The molecule has 204 valence electrons. The average Bonchev–Trinajstić information content (AvgIpc) is 3.11. The Hall–Kier alpha value is -5.66. The summed E-state index contributed by atoms with van der Waals surface area (Å²) in [7, 11) is -3.06. The summed E-state index contributed by atoms with van der Waals surface area (Å²) >= 11 is 0. The van der Waals surface area contributed by atoms with Gasteiger partial charge in [-0.15, -0.1) is 0 Å². The molecule has 0 saturated carbocycles. The van der Waals surface area contributed by atoms with Gasteiger partial charge in [0, 0.05) is 81.6 Å². The lowest BCUT2D eigenvalue weighted by molar-refractivity contribution is 1.28. The van der Waals surface area contributed by atoms with Gasteiger partial charge in [-0.3, -0.25) is 29.9 Å². The van der Waals surface area contributed by atoms with E-state index in [1.165, 1.54) is 0 Å². The van der Waals surface area contributed by atoms with Gasteiger partial charge in [-0.25, -0.2) is 0 Å². The van der Waals surface area contributed by atoms with Crippen molar-refractivity contribution < 1.29 is 0 Å². The molecule has 0 aliphatic heterocycles. The Labute approximate surface area is 250 Å². The smallest absolute Gasteiger partial charge is 0.243 e. The van der Waals surface area contributed by atoms with Crippen LogP contribution in [0.4, 0.5) is 0 Å². The van der Waals surface area contributed by atoms with Crippen molar-refractivity contribution in [3.05, 3.63) is 159 Å². The van der Waals surface area contributed by atoms with Crippen molar-refractivity contribution in [2.75, 3.05) is 0 Å². The summed E-state index contributed by atoms with van der Waals surface area (Å²) in [6.07, 6.45) is 13.0. The number of rotatable bonds is 7. The average molecular weight is 571 g/mol. The Morgan fingerprint density at radius 2 is 0.860 bits per heavy atom. The van der Waals surface area contributed by atoms with Gasteiger partial charge in [0.05, 0.1) is 11.4 Å². The van der Waals surface area contributed by atoms with Crippen molar-refractivity contribution in [3.63, 3.8) is 0 Å². The van der Waals surface area contributed by atoms with E-state index in [0.29, 0.717) is 0 Å². The minimum absolute atomic E-state index is 0.880. The highest BCUT2D eigenvalue weighted by atomic mass is 28.3. The third kappa shape index (κ3) is 5.02. The first kappa shape index (κ1) is 26.2.